The number of hydrogen-bond donors (Lipinski definition) is 3. The first-order valence-corrected chi connectivity index (χ1v) is 6.91. The Labute approximate surface area is 123 Å². The second kappa shape index (κ2) is 5.63. The zero-order valence-electron chi connectivity index (χ0n) is 12.2. The maximum absolute atomic E-state index is 12.1. The minimum absolute atomic E-state index is 0.187. The number of phenols is 1. The highest BCUT2D eigenvalue weighted by atomic mass is 16.4. The highest BCUT2D eigenvalue weighted by Crippen LogP contribution is 2.30. The van der Waals surface area contributed by atoms with E-state index in [0.717, 1.165) is 12.8 Å². The third-order valence-electron chi connectivity index (χ3n) is 3.88. The first-order chi connectivity index (χ1) is 9.78. The maximum atomic E-state index is 12.1. The quantitative estimate of drug-likeness (QED) is 0.781. The second-order valence-electron chi connectivity index (χ2n) is 6.12. The molecule has 1 aliphatic rings. The van der Waals surface area contributed by atoms with Crippen molar-refractivity contribution in [2.75, 3.05) is 18.4 Å². The van der Waals surface area contributed by atoms with E-state index in [1.54, 1.807) is 4.90 Å². The molecule has 3 N–H and O–H groups in total. The fraction of sp³-hybridized carbons (Fsp3) is 0.467. The predicted molar refractivity (Wildman–Crippen MR) is 78.7 cm³/mol. The number of amides is 2. The van der Waals surface area contributed by atoms with E-state index < -0.39 is 5.97 Å². The molecule has 0 unspecified atom stereocenters. The van der Waals surface area contributed by atoms with Crippen LogP contribution >= 0.6 is 0 Å². The molecule has 1 aliphatic heterocycles. The van der Waals surface area contributed by atoms with Crippen molar-refractivity contribution in [2.45, 2.75) is 26.7 Å². The second-order valence-corrected chi connectivity index (χ2v) is 6.12. The molecular weight excluding hydrogens is 272 g/mol. The van der Waals surface area contributed by atoms with Gasteiger partial charge in [0, 0.05) is 24.8 Å². The van der Waals surface area contributed by atoms with Crippen LogP contribution in [0.15, 0.2) is 18.2 Å². The number of benzene rings is 1. The lowest BCUT2D eigenvalue weighted by atomic mass is 9.83. The fourth-order valence-electron chi connectivity index (χ4n) is 2.31. The van der Waals surface area contributed by atoms with E-state index in [0.29, 0.717) is 18.8 Å². The van der Waals surface area contributed by atoms with Gasteiger partial charge in [-0.05, 0) is 30.4 Å². The van der Waals surface area contributed by atoms with Crippen molar-refractivity contribution in [3.05, 3.63) is 23.8 Å². The third kappa shape index (κ3) is 3.65. The number of anilines is 1. The zero-order valence-corrected chi connectivity index (χ0v) is 12.2. The summed E-state index contributed by atoms with van der Waals surface area (Å²) in [5.41, 5.74) is 0.457. The lowest BCUT2D eigenvalue weighted by molar-refractivity contribution is 0.0693. The molecule has 0 bridgehead atoms. The van der Waals surface area contributed by atoms with Crippen LogP contribution in [-0.4, -0.2) is 40.2 Å². The van der Waals surface area contributed by atoms with Crippen molar-refractivity contribution >= 4 is 17.7 Å². The Balaban J connectivity index is 2.00. The molecule has 0 aliphatic carbocycles. The molecule has 0 atom stereocenters. The largest absolute Gasteiger partial charge is 0.507 e. The molecule has 1 heterocycles. The Kier molecular flexibility index (Phi) is 4.06. The van der Waals surface area contributed by atoms with Gasteiger partial charge in [0.2, 0.25) is 0 Å². The number of rotatable bonds is 2. The first kappa shape index (κ1) is 15.2. The van der Waals surface area contributed by atoms with Crippen LogP contribution in [0.1, 0.15) is 37.0 Å². The van der Waals surface area contributed by atoms with Gasteiger partial charge in [0.05, 0.1) is 0 Å². The zero-order chi connectivity index (χ0) is 15.6. The maximum Gasteiger partial charge on any atom is 0.339 e. The van der Waals surface area contributed by atoms with Gasteiger partial charge in [0.15, 0.2) is 0 Å². The van der Waals surface area contributed by atoms with Crippen molar-refractivity contribution in [3.63, 3.8) is 0 Å². The number of urea groups is 1. The van der Waals surface area contributed by atoms with Gasteiger partial charge in [-0.15, -0.1) is 0 Å². The Morgan fingerprint density at radius 3 is 2.38 bits per heavy atom. The number of carbonyl (C=O) groups excluding carboxylic acids is 1. The average Bonchev–Trinajstić information content (AvgIpc) is 2.38. The van der Waals surface area contributed by atoms with Gasteiger partial charge >= 0.3 is 12.0 Å². The van der Waals surface area contributed by atoms with E-state index in [1.165, 1.54) is 18.2 Å². The highest BCUT2D eigenvalue weighted by Gasteiger charge is 2.27. The minimum Gasteiger partial charge on any atom is -0.507 e. The van der Waals surface area contributed by atoms with Gasteiger partial charge in [-0.3, -0.25) is 0 Å². The van der Waals surface area contributed by atoms with Gasteiger partial charge in [-0.1, -0.05) is 13.8 Å². The monoisotopic (exact) mass is 292 g/mol. The molecule has 1 saturated heterocycles. The number of carboxylic acid groups (broad SMARTS) is 1. The summed E-state index contributed by atoms with van der Waals surface area (Å²) in [6.45, 7) is 5.76. The molecule has 0 spiro atoms. The molecule has 2 amide bonds. The topological polar surface area (TPSA) is 89.9 Å². The molecule has 1 aromatic rings. The molecule has 6 heteroatoms. The van der Waals surface area contributed by atoms with Crippen LogP contribution in [0.3, 0.4) is 0 Å². The van der Waals surface area contributed by atoms with Crippen LogP contribution in [0.25, 0.3) is 0 Å². The van der Waals surface area contributed by atoms with Crippen molar-refractivity contribution < 1.29 is 19.8 Å². The Morgan fingerprint density at radius 1 is 1.24 bits per heavy atom. The van der Waals surface area contributed by atoms with Crippen LogP contribution in [0.5, 0.6) is 5.75 Å². The number of aromatic hydroxyl groups is 1. The minimum atomic E-state index is -1.20. The number of hydrogen-bond acceptors (Lipinski definition) is 3. The fourth-order valence-corrected chi connectivity index (χ4v) is 2.31. The van der Waals surface area contributed by atoms with Gasteiger partial charge in [0.1, 0.15) is 11.3 Å². The van der Waals surface area contributed by atoms with E-state index in [4.69, 9.17) is 5.11 Å². The molecule has 21 heavy (non-hydrogen) atoms. The molecule has 0 radical (unpaired) electrons. The lowest BCUT2D eigenvalue weighted by Crippen LogP contribution is -2.43. The number of piperidine rings is 1. The normalized spacial score (nSPS) is 17.3. The summed E-state index contributed by atoms with van der Waals surface area (Å²) in [5, 5.41) is 21.1. The Bertz CT molecular complexity index is 559. The highest BCUT2D eigenvalue weighted by molar-refractivity contribution is 5.94. The number of carboxylic acids is 1. The summed E-state index contributed by atoms with van der Waals surface area (Å²) >= 11 is 0. The molecule has 1 aromatic carbocycles. The third-order valence-corrected chi connectivity index (χ3v) is 3.88. The van der Waals surface area contributed by atoms with Crippen molar-refractivity contribution in [3.8, 4) is 5.75 Å². The molecule has 114 valence electrons. The molecule has 2 rings (SSSR count). The van der Waals surface area contributed by atoms with E-state index >= 15 is 0 Å². The Morgan fingerprint density at radius 2 is 1.86 bits per heavy atom. The summed E-state index contributed by atoms with van der Waals surface area (Å²) in [7, 11) is 0. The van der Waals surface area contributed by atoms with E-state index in [2.05, 4.69) is 19.2 Å². The van der Waals surface area contributed by atoms with Crippen LogP contribution in [0.2, 0.25) is 0 Å². The van der Waals surface area contributed by atoms with Gasteiger partial charge in [0.25, 0.3) is 0 Å². The number of likely N-dealkylation sites (tertiary alicyclic amines) is 1. The SMILES string of the molecule is CC1(C)CCN(C(=O)Nc2ccc(C(=O)O)c(O)c2)CC1. The lowest BCUT2D eigenvalue weighted by Gasteiger charge is -2.36. The summed E-state index contributed by atoms with van der Waals surface area (Å²) < 4.78 is 0. The van der Waals surface area contributed by atoms with Gasteiger partial charge < -0.3 is 20.4 Å². The van der Waals surface area contributed by atoms with Gasteiger partial charge in [-0.2, -0.15) is 0 Å². The Hall–Kier alpha value is -2.24. The smallest absolute Gasteiger partial charge is 0.339 e. The van der Waals surface area contributed by atoms with Crippen LogP contribution in [-0.2, 0) is 0 Å². The van der Waals surface area contributed by atoms with Crippen molar-refractivity contribution in [1.29, 1.82) is 0 Å². The van der Waals surface area contributed by atoms with E-state index in [9.17, 15) is 14.7 Å². The number of carbonyl (C=O) groups is 2. The molecule has 1 fully saturated rings. The van der Waals surface area contributed by atoms with Crippen molar-refractivity contribution in [2.24, 2.45) is 5.41 Å². The summed E-state index contributed by atoms with van der Waals surface area (Å²) in [4.78, 5) is 24.7. The summed E-state index contributed by atoms with van der Waals surface area (Å²) in [6.07, 6.45) is 1.90. The number of aromatic carboxylic acids is 1. The van der Waals surface area contributed by atoms with E-state index in [-0.39, 0.29) is 22.8 Å². The summed E-state index contributed by atoms with van der Waals surface area (Å²) in [5.74, 6) is -1.57. The molecule has 0 aromatic heterocycles. The first-order valence-electron chi connectivity index (χ1n) is 6.91. The molecular formula is C15H20N2O4. The number of nitrogens with zero attached hydrogens (tertiary/aromatic N) is 1. The number of nitrogens with one attached hydrogen (secondary N) is 1. The standard InChI is InChI=1S/C15H20N2O4/c1-15(2)5-7-17(8-6-15)14(21)16-10-3-4-11(13(19)20)12(18)9-10/h3-4,9,18H,5-8H2,1-2H3,(H,16,21)(H,19,20). The van der Waals surface area contributed by atoms with E-state index in [1.807, 2.05) is 0 Å². The van der Waals surface area contributed by atoms with Crippen LogP contribution < -0.4 is 5.32 Å². The summed E-state index contributed by atoms with van der Waals surface area (Å²) in [6, 6.07) is 3.75. The van der Waals surface area contributed by atoms with Crippen molar-refractivity contribution in [1.82, 2.24) is 4.90 Å². The molecule has 6 nitrogen and oxygen atoms in total. The van der Waals surface area contributed by atoms with Crippen LogP contribution in [0, 0.1) is 5.41 Å². The molecule has 0 saturated carbocycles. The van der Waals surface area contributed by atoms with Crippen LogP contribution in [0.4, 0.5) is 10.5 Å². The average molecular weight is 292 g/mol. The van der Waals surface area contributed by atoms with Gasteiger partial charge in [-0.25, -0.2) is 9.59 Å². The predicted octanol–water partition coefficient (Wildman–Crippen LogP) is 2.74.